The number of ether oxygens (including phenoxy) is 1. The lowest BCUT2D eigenvalue weighted by atomic mass is 9.83. The first-order valence-electron chi connectivity index (χ1n) is 5.86. The van der Waals surface area contributed by atoms with Crippen molar-refractivity contribution in [2.24, 2.45) is 11.7 Å². The summed E-state index contributed by atoms with van der Waals surface area (Å²) in [7, 11) is 0. The molecule has 0 bridgehead atoms. The van der Waals surface area contributed by atoms with Gasteiger partial charge in [0.15, 0.2) is 0 Å². The molecule has 0 aromatic rings. The third-order valence-electron chi connectivity index (χ3n) is 3.49. The normalized spacial score (nSPS) is 31.9. The van der Waals surface area contributed by atoms with Crippen molar-refractivity contribution in [3.63, 3.8) is 0 Å². The van der Waals surface area contributed by atoms with Gasteiger partial charge in [-0.05, 0) is 25.3 Å². The maximum absolute atomic E-state index is 11.7. The fraction of sp³-hybridized carbons (Fsp3) is 0.818. The highest BCUT2D eigenvalue weighted by Gasteiger charge is 2.37. The van der Waals surface area contributed by atoms with E-state index in [1.54, 1.807) is 0 Å². The Hall–Kier alpha value is -0.940. The Labute approximate surface area is 94.9 Å². The van der Waals surface area contributed by atoms with Gasteiger partial charge in [-0.25, -0.2) is 0 Å². The molecule has 2 aliphatic rings. The number of amides is 2. The fourth-order valence-corrected chi connectivity index (χ4v) is 2.68. The molecular weight excluding hydrogens is 208 g/mol. The van der Waals surface area contributed by atoms with Crippen molar-refractivity contribution in [2.75, 3.05) is 19.8 Å². The first kappa shape index (κ1) is 11.5. The summed E-state index contributed by atoms with van der Waals surface area (Å²) in [6, 6.07) is 0.00245. The molecule has 2 N–H and O–H groups in total. The van der Waals surface area contributed by atoms with E-state index in [4.69, 9.17) is 10.5 Å². The molecule has 90 valence electrons. The van der Waals surface area contributed by atoms with Crippen molar-refractivity contribution in [2.45, 2.75) is 31.7 Å². The van der Waals surface area contributed by atoms with Gasteiger partial charge >= 0.3 is 0 Å². The highest BCUT2D eigenvalue weighted by molar-refractivity contribution is 5.98. The van der Waals surface area contributed by atoms with Crippen LogP contribution in [0.25, 0.3) is 0 Å². The van der Waals surface area contributed by atoms with Crippen LogP contribution in [0.2, 0.25) is 0 Å². The summed E-state index contributed by atoms with van der Waals surface area (Å²) in [5, 5.41) is 0. The van der Waals surface area contributed by atoms with E-state index in [2.05, 4.69) is 0 Å². The number of nitrogens with zero attached hydrogens (tertiary/aromatic N) is 1. The summed E-state index contributed by atoms with van der Waals surface area (Å²) in [6.45, 7) is 0.599. The summed E-state index contributed by atoms with van der Waals surface area (Å²) >= 11 is 0. The van der Waals surface area contributed by atoms with Gasteiger partial charge in [-0.3, -0.25) is 14.5 Å². The van der Waals surface area contributed by atoms with Crippen LogP contribution in [0.15, 0.2) is 0 Å². The standard InChI is InChI=1S/C11H18N2O3/c12-5-8-3-1-2-4-9(8)13-10(14)6-16-7-11(13)15/h8-9H,1-7,12H2. The molecule has 1 saturated carbocycles. The van der Waals surface area contributed by atoms with Gasteiger partial charge in [0, 0.05) is 6.04 Å². The first-order chi connectivity index (χ1) is 7.74. The van der Waals surface area contributed by atoms with Crippen LogP contribution < -0.4 is 5.73 Å². The van der Waals surface area contributed by atoms with E-state index in [1.807, 2.05) is 0 Å². The van der Waals surface area contributed by atoms with Crippen molar-refractivity contribution >= 4 is 11.8 Å². The minimum absolute atomic E-state index is 0.00245. The van der Waals surface area contributed by atoms with E-state index < -0.39 is 0 Å². The lowest BCUT2D eigenvalue weighted by Gasteiger charge is -2.39. The van der Waals surface area contributed by atoms with Crippen molar-refractivity contribution in [1.29, 1.82) is 0 Å². The molecule has 0 spiro atoms. The van der Waals surface area contributed by atoms with Crippen LogP contribution in [0.1, 0.15) is 25.7 Å². The lowest BCUT2D eigenvalue weighted by molar-refractivity contribution is -0.163. The molecule has 0 radical (unpaired) electrons. The lowest BCUT2D eigenvalue weighted by Crippen LogP contribution is -2.55. The van der Waals surface area contributed by atoms with Crippen molar-refractivity contribution in [1.82, 2.24) is 4.90 Å². The zero-order valence-corrected chi connectivity index (χ0v) is 9.35. The minimum atomic E-state index is -0.207. The molecule has 1 heterocycles. The minimum Gasteiger partial charge on any atom is -0.362 e. The Kier molecular flexibility index (Phi) is 3.56. The molecule has 2 unspecified atom stereocenters. The third-order valence-corrected chi connectivity index (χ3v) is 3.49. The molecule has 2 atom stereocenters. The smallest absolute Gasteiger partial charge is 0.255 e. The quantitative estimate of drug-likeness (QED) is 0.667. The molecule has 0 aromatic carbocycles. The van der Waals surface area contributed by atoms with Crippen molar-refractivity contribution < 1.29 is 14.3 Å². The number of rotatable bonds is 2. The second-order valence-corrected chi connectivity index (χ2v) is 4.50. The van der Waals surface area contributed by atoms with Crippen molar-refractivity contribution in [3.05, 3.63) is 0 Å². The van der Waals surface area contributed by atoms with E-state index in [-0.39, 0.29) is 37.0 Å². The van der Waals surface area contributed by atoms with Crippen LogP contribution >= 0.6 is 0 Å². The fourth-order valence-electron chi connectivity index (χ4n) is 2.68. The third kappa shape index (κ3) is 2.10. The molecule has 16 heavy (non-hydrogen) atoms. The maximum Gasteiger partial charge on any atom is 0.255 e. The first-order valence-corrected chi connectivity index (χ1v) is 5.86. The topological polar surface area (TPSA) is 72.6 Å². The molecule has 2 rings (SSSR count). The molecule has 5 nitrogen and oxygen atoms in total. The molecule has 1 aliphatic carbocycles. The van der Waals surface area contributed by atoms with Crippen LogP contribution in [0, 0.1) is 5.92 Å². The SMILES string of the molecule is NCC1CCCCC1N1C(=O)COCC1=O. The summed E-state index contributed by atoms with van der Waals surface area (Å²) < 4.78 is 4.91. The number of imide groups is 1. The Balaban J connectivity index is 2.13. The highest BCUT2D eigenvalue weighted by atomic mass is 16.5. The summed E-state index contributed by atoms with van der Waals surface area (Å²) in [4.78, 5) is 24.8. The Bertz CT molecular complexity index is 277. The van der Waals surface area contributed by atoms with Gasteiger partial charge in [0.1, 0.15) is 13.2 Å². The van der Waals surface area contributed by atoms with Crippen molar-refractivity contribution in [3.8, 4) is 0 Å². The molecule has 2 fully saturated rings. The second kappa shape index (κ2) is 4.93. The van der Waals surface area contributed by atoms with Crippen LogP contribution in [0.4, 0.5) is 0 Å². The van der Waals surface area contributed by atoms with Gasteiger partial charge in [-0.15, -0.1) is 0 Å². The van der Waals surface area contributed by atoms with Gasteiger partial charge in [-0.1, -0.05) is 12.8 Å². The Morgan fingerprint density at radius 3 is 2.44 bits per heavy atom. The predicted octanol–water partition coefficient (Wildman–Crippen LogP) is -0.111. The Morgan fingerprint density at radius 1 is 1.19 bits per heavy atom. The highest BCUT2D eigenvalue weighted by Crippen LogP contribution is 2.28. The van der Waals surface area contributed by atoms with Crippen LogP contribution in [0.5, 0.6) is 0 Å². The predicted molar refractivity (Wildman–Crippen MR) is 57.5 cm³/mol. The van der Waals surface area contributed by atoms with Gasteiger partial charge in [-0.2, -0.15) is 0 Å². The molecule has 1 saturated heterocycles. The van der Waals surface area contributed by atoms with E-state index in [0.717, 1.165) is 25.7 Å². The number of carbonyl (C=O) groups is 2. The van der Waals surface area contributed by atoms with Crippen LogP contribution in [-0.2, 0) is 14.3 Å². The number of nitrogens with two attached hydrogens (primary N) is 1. The van der Waals surface area contributed by atoms with E-state index in [1.165, 1.54) is 4.90 Å². The van der Waals surface area contributed by atoms with Crippen LogP contribution in [0.3, 0.4) is 0 Å². The second-order valence-electron chi connectivity index (χ2n) is 4.50. The Morgan fingerprint density at radius 2 is 1.81 bits per heavy atom. The maximum atomic E-state index is 11.7. The summed E-state index contributed by atoms with van der Waals surface area (Å²) in [5.74, 6) is -0.150. The molecule has 2 amide bonds. The van der Waals surface area contributed by atoms with Gasteiger partial charge < -0.3 is 10.5 Å². The molecule has 5 heteroatoms. The summed E-state index contributed by atoms with van der Waals surface area (Å²) in [5.41, 5.74) is 5.71. The largest absolute Gasteiger partial charge is 0.362 e. The van der Waals surface area contributed by atoms with E-state index in [9.17, 15) is 9.59 Å². The average Bonchev–Trinajstić information content (AvgIpc) is 2.29. The molecule has 1 aliphatic heterocycles. The molecular formula is C11H18N2O3. The van der Waals surface area contributed by atoms with Gasteiger partial charge in [0.2, 0.25) is 0 Å². The zero-order valence-electron chi connectivity index (χ0n) is 9.35. The van der Waals surface area contributed by atoms with E-state index in [0.29, 0.717) is 6.54 Å². The number of morpholine rings is 1. The number of hydrogen-bond acceptors (Lipinski definition) is 4. The number of carbonyl (C=O) groups excluding carboxylic acids is 2. The summed E-state index contributed by atoms with van der Waals surface area (Å²) in [6.07, 6.45) is 4.11. The molecule has 0 aromatic heterocycles. The van der Waals surface area contributed by atoms with Crippen LogP contribution in [-0.4, -0.2) is 42.5 Å². The van der Waals surface area contributed by atoms with E-state index >= 15 is 0 Å². The van der Waals surface area contributed by atoms with Gasteiger partial charge in [0.25, 0.3) is 11.8 Å². The zero-order chi connectivity index (χ0) is 11.5. The monoisotopic (exact) mass is 226 g/mol. The van der Waals surface area contributed by atoms with Gasteiger partial charge in [0.05, 0.1) is 0 Å². The number of hydrogen-bond donors (Lipinski definition) is 1. The average molecular weight is 226 g/mol.